The average molecular weight is 305 g/mol. The molecule has 0 radical (unpaired) electrons. The minimum absolute atomic E-state index is 0.136. The highest BCUT2D eigenvalue weighted by molar-refractivity contribution is 7.89. The van der Waals surface area contributed by atoms with E-state index in [4.69, 9.17) is 0 Å². The van der Waals surface area contributed by atoms with E-state index >= 15 is 0 Å². The molecule has 0 aliphatic rings. The first-order valence-corrected chi connectivity index (χ1v) is 8.51. The molecule has 0 aliphatic heterocycles. The zero-order valence-electron chi connectivity index (χ0n) is 12.4. The molecule has 0 fully saturated rings. The van der Waals surface area contributed by atoms with Gasteiger partial charge in [0.05, 0.1) is 11.5 Å². The maximum Gasteiger partial charge on any atom is 0.244 e. The van der Waals surface area contributed by atoms with Crippen molar-refractivity contribution in [2.75, 3.05) is 7.05 Å². The fraction of sp³-hybridized carbons (Fsp3) is 0.692. The van der Waals surface area contributed by atoms with Gasteiger partial charge in [0.1, 0.15) is 4.90 Å². The Labute approximate surface area is 120 Å². The van der Waals surface area contributed by atoms with Gasteiger partial charge in [0, 0.05) is 13.1 Å². The first-order chi connectivity index (χ1) is 8.53. The standard InChI is InChI=1S/C13H23NO3S2/c1-9-8-18-11(7-15)12(9)19(16,17)14(6)10(2)13(3,4)5/h8,10,15H,7H2,1-6H3. The van der Waals surface area contributed by atoms with Gasteiger partial charge < -0.3 is 5.11 Å². The molecule has 0 saturated heterocycles. The van der Waals surface area contributed by atoms with Gasteiger partial charge in [-0.05, 0) is 30.2 Å². The fourth-order valence-electron chi connectivity index (χ4n) is 1.84. The molecule has 0 spiro atoms. The number of aryl methyl sites for hydroxylation is 1. The Bertz CT molecular complexity index is 541. The predicted octanol–water partition coefficient (Wildman–Crippen LogP) is 2.60. The second-order valence-electron chi connectivity index (χ2n) is 5.89. The zero-order chi connectivity index (χ0) is 15.0. The number of hydrogen-bond donors (Lipinski definition) is 1. The Morgan fingerprint density at radius 1 is 1.42 bits per heavy atom. The molecule has 0 saturated carbocycles. The summed E-state index contributed by atoms with van der Waals surface area (Å²) in [5, 5.41) is 11.1. The molecule has 0 bridgehead atoms. The van der Waals surface area contributed by atoms with Crippen molar-refractivity contribution in [1.82, 2.24) is 4.31 Å². The highest BCUT2D eigenvalue weighted by Crippen LogP contribution is 2.33. The van der Waals surface area contributed by atoms with Gasteiger partial charge in [0.2, 0.25) is 10.0 Å². The third-order valence-electron chi connectivity index (χ3n) is 3.57. The number of hydrogen-bond acceptors (Lipinski definition) is 4. The summed E-state index contributed by atoms with van der Waals surface area (Å²) in [6.45, 7) is 9.45. The fourth-order valence-corrected chi connectivity index (χ4v) is 4.99. The molecular formula is C13H23NO3S2. The van der Waals surface area contributed by atoms with Crippen LogP contribution in [0.3, 0.4) is 0 Å². The molecule has 4 nitrogen and oxygen atoms in total. The van der Waals surface area contributed by atoms with Crippen LogP contribution >= 0.6 is 11.3 Å². The van der Waals surface area contributed by atoms with Crippen LogP contribution < -0.4 is 0 Å². The van der Waals surface area contributed by atoms with Crippen molar-refractivity contribution < 1.29 is 13.5 Å². The molecule has 1 unspecified atom stereocenters. The molecule has 6 heteroatoms. The van der Waals surface area contributed by atoms with Crippen molar-refractivity contribution in [1.29, 1.82) is 0 Å². The topological polar surface area (TPSA) is 57.6 Å². The smallest absolute Gasteiger partial charge is 0.244 e. The Morgan fingerprint density at radius 2 is 1.95 bits per heavy atom. The van der Waals surface area contributed by atoms with Gasteiger partial charge in [-0.15, -0.1) is 11.3 Å². The van der Waals surface area contributed by atoms with E-state index in [1.165, 1.54) is 15.6 Å². The molecule has 1 aromatic rings. The second-order valence-corrected chi connectivity index (χ2v) is 8.79. The van der Waals surface area contributed by atoms with E-state index in [0.29, 0.717) is 10.4 Å². The van der Waals surface area contributed by atoms with Crippen molar-refractivity contribution in [3.05, 3.63) is 15.8 Å². The van der Waals surface area contributed by atoms with Gasteiger partial charge >= 0.3 is 0 Å². The van der Waals surface area contributed by atoms with E-state index < -0.39 is 10.0 Å². The quantitative estimate of drug-likeness (QED) is 0.930. The normalized spacial score (nSPS) is 14.9. The van der Waals surface area contributed by atoms with Crippen LogP contribution in [0.5, 0.6) is 0 Å². The molecule has 1 rings (SSSR count). The van der Waals surface area contributed by atoms with E-state index in [2.05, 4.69) is 0 Å². The second kappa shape index (κ2) is 5.52. The third-order valence-corrected chi connectivity index (χ3v) is 6.95. The van der Waals surface area contributed by atoms with E-state index in [9.17, 15) is 13.5 Å². The molecule has 19 heavy (non-hydrogen) atoms. The minimum atomic E-state index is -3.57. The van der Waals surface area contributed by atoms with Crippen molar-refractivity contribution in [3.8, 4) is 0 Å². The summed E-state index contributed by atoms with van der Waals surface area (Å²) in [6.07, 6.45) is 0. The number of nitrogens with zero attached hydrogens (tertiary/aromatic N) is 1. The third kappa shape index (κ3) is 3.18. The number of rotatable bonds is 4. The Kier molecular flexibility index (Phi) is 4.83. The predicted molar refractivity (Wildman–Crippen MR) is 78.8 cm³/mol. The number of aliphatic hydroxyl groups excluding tert-OH is 1. The minimum Gasteiger partial charge on any atom is -0.391 e. The monoisotopic (exact) mass is 305 g/mol. The van der Waals surface area contributed by atoms with Crippen molar-refractivity contribution in [2.24, 2.45) is 5.41 Å². The summed E-state index contributed by atoms with van der Waals surface area (Å²) in [7, 11) is -1.97. The summed E-state index contributed by atoms with van der Waals surface area (Å²) in [5.74, 6) is 0. The maximum absolute atomic E-state index is 12.7. The van der Waals surface area contributed by atoms with Crippen LogP contribution in [-0.4, -0.2) is 30.9 Å². The largest absolute Gasteiger partial charge is 0.391 e. The number of aliphatic hydroxyl groups is 1. The molecule has 0 aliphatic carbocycles. The van der Waals surface area contributed by atoms with Gasteiger partial charge in [-0.1, -0.05) is 20.8 Å². The summed E-state index contributed by atoms with van der Waals surface area (Å²) in [5.41, 5.74) is 0.549. The van der Waals surface area contributed by atoms with Gasteiger partial charge in [-0.25, -0.2) is 8.42 Å². The Morgan fingerprint density at radius 3 is 2.37 bits per heavy atom. The van der Waals surface area contributed by atoms with Crippen LogP contribution in [0, 0.1) is 12.3 Å². The first kappa shape index (κ1) is 16.6. The highest BCUT2D eigenvalue weighted by atomic mass is 32.2. The van der Waals surface area contributed by atoms with Crippen LogP contribution in [0.25, 0.3) is 0 Å². The van der Waals surface area contributed by atoms with Crippen molar-refractivity contribution in [3.63, 3.8) is 0 Å². The summed E-state index contributed by atoms with van der Waals surface area (Å²) >= 11 is 1.28. The molecule has 1 atom stereocenters. The lowest BCUT2D eigenvalue weighted by molar-refractivity contribution is 0.216. The Hall–Kier alpha value is -0.430. The molecule has 0 amide bonds. The summed E-state index contributed by atoms with van der Waals surface area (Å²) < 4.78 is 26.8. The first-order valence-electron chi connectivity index (χ1n) is 6.19. The highest BCUT2D eigenvalue weighted by Gasteiger charge is 2.34. The molecule has 1 N–H and O–H groups in total. The summed E-state index contributed by atoms with van der Waals surface area (Å²) in [6, 6.07) is -0.136. The van der Waals surface area contributed by atoms with E-state index in [1.807, 2.05) is 27.7 Å². The Balaban J connectivity index is 3.28. The lowest BCUT2D eigenvalue weighted by Gasteiger charge is -2.34. The lowest BCUT2D eigenvalue weighted by Crippen LogP contribution is -2.43. The summed E-state index contributed by atoms with van der Waals surface area (Å²) in [4.78, 5) is 0.768. The van der Waals surface area contributed by atoms with Gasteiger partial charge in [0.15, 0.2) is 0 Å². The molecular weight excluding hydrogens is 282 g/mol. The van der Waals surface area contributed by atoms with Crippen LogP contribution in [-0.2, 0) is 16.6 Å². The van der Waals surface area contributed by atoms with Gasteiger partial charge in [-0.3, -0.25) is 0 Å². The zero-order valence-corrected chi connectivity index (χ0v) is 14.0. The average Bonchev–Trinajstić information content (AvgIpc) is 2.67. The van der Waals surface area contributed by atoms with E-state index in [0.717, 1.165) is 0 Å². The van der Waals surface area contributed by atoms with Gasteiger partial charge in [0.25, 0.3) is 0 Å². The van der Waals surface area contributed by atoms with Crippen molar-refractivity contribution >= 4 is 21.4 Å². The van der Waals surface area contributed by atoms with E-state index in [1.54, 1.807) is 19.4 Å². The van der Waals surface area contributed by atoms with Gasteiger partial charge in [-0.2, -0.15) is 4.31 Å². The molecule has 110 valence electrons. The lowest BCUT2D eigenvalue weighted by atomic mass is 9.88. The SMILES string of the molecule is Cc1csc(CO)c1S(=O)(=O)N(C)C(C)C(C)(C)C. The molecule has 1 heterocycles. The molecule has 1 aromatic heterocycles. The van der Waals surface area contributed by atoms with Crippen LogP contribution in [0.2, 0.25) is 0 Å². The van der Waals surface area contributed by atoms with E-state index in [-0.39, 0.29) is 23.0 Å². The molecule has 0 aromatic carbocycles. The maximum atomic E-state index is 12.7. The van der Waals surface area contributed by atoms with Crippen LogP contribution in [0.1, 0.15) is 38.1 Å². The van der Waals surface area contributed by atoms with Crippen LogP contribution in [0.4, 0.5) is 0 Å². The number of thiophene rings is 1. The van der Waals surface area contributed by atoms with Crippen molar-refractivity contribution in [2.45, 2.75) is 52.2 Å². The number of sulfonamides is 1. The van der Waals surface area contributed by atoms with Crippen LogP contribution in [0.15, 0.2) is 10.3 Å².